The Morgan fingerprint density at radius 1 is 1.37 bits per heavy atom. The summed E-state index contributed by atoms with van der Waals surface area (Å²) in [6.45, 7) is 2.14. The third-order valence-electron chi connectivity index (χ3n) is 5.64. The van der Waals surface area contributed by atoms with Crippen LogP contribution in [-0.4, -0.2) is 74.2 Å². The van der Waals surface area contributed by atoms with E-state index in [1.165, 1.54) is 12.8 Å². The van der Waals surface area contributed by atoms with Gasteiger partial charge in [0.2, 0.25) is 0 Å². The van der Waals surface area contributed by atoms with Gasteiger partial charge in [-0.2, -0.15) is 0 Å². The number of alkyl carbamates (subject to hydrolysis) is 1. The summed E-state index contributed by atoms with van der Waals surface area (Å²) < 4.78 is 10.7. The summed E-state index contributed by atoms with van der Waals surface area (Å²) >= 11 is 0. The number of amides is 1. The van der Waals surface area contributed by atoms with Crippen molar-refractivity contribution in [1.29, 1.82) is 0 Å². The van der Waals surface area contributed by atoms with E-state index >= 15 is 0 Å². The molecule has 3 rings (SSSR count). The van der Waals surface area contributed by atoms with E-state index in [0.29, 0.717) is 25.6 Å². The molecule has 4 atom stereocenters. The van der Waals surface area contributed by atoms with E-state index in [0.717, 1.165) is 24.3 Å². The van der Waals surface area contributed by atoms with E-state index in [9.17, 15) is 9.90 Å². The lowest BCUT2D eigenvalue weighted by Crippen LogP contribution is -2.42. The fourth-order valence-corrected chi connectivity index (χ4v) is 3.99. The minimum Gasteiger partial charge on any atom is -0.497 e. The van der Waals surface area contributed by atoms with Gasteiger partial charge in [-0.05, 0) is 57.0 Å². The number of aliphatic hydroxyl groups is 1. The normalized spacial score (nSPS) is 28.3. The van der Waals surface area contributed by atoms with E-state index in [1.54, 1.807) is 7.11 Å². The lowest BCUT2D eigenvalue weighted by molar-refractivity contribution is 0.0188. The van der Waals surface area contributed by atoms with Crippen LogP contribution in [0.1, 0.15) is 24.8 Å². The average molecular weight is 377 g/mol. The fourth-order valence-electron chi connectivity index (χ4n) is 3.99. The molecule has 0 radical (unpaired) electrons. The highest BCUT2D eigenvalue weighted by molar-refractivity contribution is 5.67. The van der Waals surface area contributed by atoms with Gasteiger partial charge in [-0.3, -0.25) is 0 Å². The molecule has 3 N–H and O–H groups in total. The molecule has 7 heteroatoms. The van der Waals surface area contributed by atoms with Crippen LogP contribution in [0.4, 0.5) is 4.79 Å². The molecule has 0 saturated carbocycles. The molecule has 2 heterocycles. The van der Waals surface area contributed by atoms with Crippen molar-refractivity contribution < 1.29 is 19.4 Å². The maximum atomic E-state index is 12.2. The number of hydrogen-bond acceptors (Lipinski definition) is 6. The zero-order chi connectivity index (χ0) is 19.2. The molecule has 1 unspecified atom stereocenters. The van der Waals surface area contributed by atoms with Gasteiger partial charge in [0.1, 0.15) is 18.0 Å². The topological polar surface area (TPSA) is 83.1 Å². The highest BCUT2D eigenvalue weighted by Crippen LogP contribution is 2.20. The van der Waals surface area contributed by atoms with Crippen LogP contribution in [0.5, 0.6) is 5.75 Å². The number of carbonyl (C=O) groups excluding carboxylic acids is 1. The molecule has 27 heavy (non-hydrogen) atoms. The predicted molar refractivity (Wildman–Crippen MR) is 103 cm³/mol. The van der Waals surface area contributed by atoms with Crippen LogP contribution in [0, 0.1) is 0 Å². The second-order valence-corrected chi connectivity index (χ2v) is 7.50. The summed E-state index contributed by atoms with van der Waals surface area (Å²) in [6, 6.07) is 8.21. The molecule has 2 aliphatic rings. The van der Waals surface area contributed by atoms with Crippen LogP contribution < -0.4 is 15.4 Å². The van der Waals surface area contributed by atoms with Crippen LogP contribution in [0.3, 0.4) is 0 Å². The van der Waals surface area contributed by atoms with Crippen molar-refractivity contribution in [1.82, 2.24) is 15.5 Å². The Balaban J connectivity index is 1.46. The van der Waals surface area contributed by atoms with Gasteiger partial charge in [-0.25, -0.2) is 4.79 Å². The quantitative estimate of drug-likeness (QED) is 0.661. The van der Waals surface area contributed by atoms with Gasteiger partial charge in [0.25, 0.3) is 0 Å². The minimum atomic E-state index is -0.694. The maximum Gasteiger partial charge on any atom is 0.407 e. The van der Waals surface area contributed by atoms with Crippen molar-refractivity contribution in [3.63, 3.8) is 0 Å². The van der Waals surface area contributed by atoms with Crippen molar-refractivity contribution in [2.24, 2.45) is 0 Å². The lowest BCUT2D eigenvalue weighted by Gasteiger charge is -2.23. The molecule has 7 nitrogen and oxygen atoms in total. The third-order valence-corrected chi connectivity index (χ3v) is 5.64. The monoisotopic (exact) mass is 377 g/mol. The summed E-state index contributed by atoms with van der Waals surface area (Å²) in [5.74, 6) is 0.804. The predicted octanol–water partition coefficient (Wildman–Crippen LogP) is 1.15. The van der Waals surface area contributed by atoms with E-state index in [-0.39, 0.29) is 6.04 Å². The minimum absolute atomic E-state index is 0.111. The van der Waals surface area contributed by atoms with Gasteiger partial charge < -0.3 is 30.1 Å². The number of aliphatic hydroxyl groups excluding tert-OH is 1. The van der Waals surface area contributed by atoms with Gasteiger partial charge in [0.05, 0.1) is 13.2 Å². The Bertz CT molecular complexity index is 610. The molecular weight excluding hydrogens is 346 g/mol. The standard InChI is InChI=1S/C20H31N3O4/c1-23-11-3-4-15(23)9-10-21-20(25)27-19-17(22-13-18(19)24)12-14-5-7-16(26-2)8-6-14/h5-8,15,17-19,22,24H,3-4,9-13H2,1-2H3,(H,21,25)/t15-,17-,18?,19+/m1/s1. The molecule has 0 aliphatic carbocycles. The first-order valence-electron chi connectivity index (χ1n) is 9.76. The highest BCUT2D eigenvalue weighted by atomic mass is 16.6. The van der Waals surface area contributed by atoms with E-state index < -0.39 is 18.3 Å². The van der Waals surface area contributed by atoms with E-state index in [1.807, 2.05) is 24.3 Å². The van der Waals surface area contributed by atoms with Crippen LogP contribution >= 0.6 is 0 Å². The summed E-state index contributed by atoms with van der Waals surface area (Å²) in [5, 5.41) is 16.3. The number of rotatable bonds is 7. The number of carbonyl (C=O) groups is 1. The van der Waals surface area contributed by atoms with Gasteiger partial charge in [-0.1, -0.05) is 12.1 Å². The third kappa shape index (κ3) is 5.34. The molecule has 0 bridgehead atoms. The number of nitrogens with zero attached hydrogens (tertiary/aromatic N) is 1. The molecule has 150 valence electrons. The fraction of sp³-hybridized carbons (Fsp3) is 0.650. The molecule has 0 spiro atoms. The molecular formula is C20H31N3O4. The largest absolute Gasteiger partial charge is 0.497 e. The molecule has 0 aromatic heterocycles. The first-order chi connectivity index (χ1) is 13.1. The molecule has 2 fully saturated rings. The van der Waals surface area contributed by atoms with Gasteiger partial charge in [0.15, 0.2) is 0 Å². The number of methoxy groups -OCH3 is 1. The van der Waals surface area contributed by atoms with Crippen LogP contribution in [0.25, 0.3) is 0 Å². The number of nitrogens with one attached hydrogen (secondary N) is 2. The molecule has 1 aromatic rings. The van der Waals surface area contributed by atoms with Gasteiger partial charge in [0, 0.05) is 19.1 Å². The van der Waals surface area contributed by atoms with Gasteiger partial charge in [-0.15, -0.1) is 0 Å². The Labute approximate surface area is 161 Å². The van der Waals surface area contributed by atoms with Crippen LogP contribution in [0.15, 0.2) is 24.3 Å². The second-order valence-electron chi connectivity index (χ2n) is 7.50. The molecule has 2 saturated heterocycles. The van der Waals surface area contributed by atoms with Crippen molar-refractivity contribution in [3.05, 3.63) is 29.8 Å². The number of ether oxygens (including phenoxy) is 2. The lowest BCUT2D eigenvalue weighted by atomic mass is 10.0. The van der Waals surface area contributed by atoms with E-state index in [2.05, 4.69) is 22.6 Å². The zero-order valence-electron chi connectivity index (χ0n) is 16.2. The van der Waals surface area contributed by atoms with Crippen molar-refractivity contribution in [2.75, 3.05) is 33.8 Å². The summed E-state index contributed by atoms with van der Waals surface area (Å²) in [7, 11) is 3.76. The molecule has 1 amide bonds. The number of β-amino-alcohol motifs (C(OH)–C–C–N with tert-alkyl or cyclic N) is 1. The van der Waals surface area contributed by atoms with Crippen molar-refractivity contribution >= 4 is 6.09 Å². The zero-order valence-corrected chi connectivity index (χ0v) is 16.2. The van der Waals surface area contributed by atoms with Crippen molar-refractivity contribution in [3.8, 4) is 5.75 Å². The Morgan fingerprint density at radius 3 is 2.81 bits per heavy atom. The van der Waals surface area contributed by atoms with Crippen LogP contribution in [-0.2, 0) is 11.2 Å². The second kappa shape index (κ2) is 9.39. The first-order valence-corrected chi connectivity index (χ1v) is 9.76. The SMILES string of the molecule is COc1ccc(C[C@H]2NCC(O)[C@H]2OC(=O)NCC[C@H]2CCCN2C)cc1. The van der Waals surface area contributed by atoms with Crippen molar-refractivity contribution in [2.45, 2.75) is 50.0 Å². The number of benzene rings is 1. The summed E-state index contributed by atoms with van der Waals surface area (Å²) in [5.41, 5.74) is 1.10. The van der Waals surface area contributed by atoms with E-state index in [4.69, 9.17) is 9.47 Å². The average Bonchev–Trinajstić information content (AvgIpc) is 3.22. The highest BCUT2D eigenvalue weighted by Gasteiger charge is 2.37. The molecule has 2 aliphatic heterocycles. The number of likely N-dealkylation sites (tertiary alicyclic amines) is 1. The number of hydrogen-bond donors (Lipinski definition) is 3. The first kappa shape index (κ1) is 19.9. The smallest absolute Gasteiger partial charge is 0.407 e. The molecule has 1 aromatic carbocycles. The Hall–Kier alpha value is -1.83. The summed E-state index contributed by atoms with van der Waals surface area (Å²) in [6.07, 6.45) is 2.29. The Morgan fingerprint density at radius 2 is 2.15 bits per heavy atom. The van der Waals surface area contributed by atoms with Gasteiger partial charge >= 0.3 is 6.09 Å². The maximum absolute atomic E-state index is 12.2. The summed E-state index contributed by atoms with van der Waals surface area (Å²) in [4.78, 5) is 14.5. The Kier molecular flexibility index (Phi) is 6.93. The van der Waals surface area contributed by atoms with Crippen LogP contribution in [0.2, 0.25) is 0 Å².